The molecule has 0 aliphatic heterocycles. The van der Waals surface area contributed by atoms with E-state index >= 15 is 0 Å². The van der Waals surface area contributed by atoms with Crippen molar-refractivity contribution in [2.45, 2.75) is 94.3 Å². The number of benzene rings is 1. The highest BCUT2D eigenvalue weighted by atomic mass is 17.2. The van der Waals surface area contributed by atoms with Crippen molar-refractivity contribution in [2.24, 2.45) is 0 Å². The quantitative estimate of drug-likeness (QED) is 0.0517. The molecule has 0 aliphatic rings. The van der Waals surface area contributed by atoms with Crippen molar-refractivity contribution < 1.29 is 74.8 Å². The number of para-hydroxylation sites is 1. The van der Waals surface area contributed by atoms with Crippen LogP contribution in [0.25, 0.3) is 0 Å². The van der Waals surface area contributed by atoms with Crippen LogP contribution in [-0.4, -0.2) is 130 Å². The molecule has 0 spiro atoms. The SMILES string of the molecule is C=CC(=O)OCC(CCCC)(OOC(=O)C=C)Oc1ccccc1.CCO.CCO.CCO.CCO.CCO.CCO.CCO.CCO.CCO. The summed E-state index contributed by atoms with van der Waals surface area (Å²) in [4.78, 5) is 32.7. The third-order valence-corrected chi connectivity index (χ3v) is 3.00. The zero-order chi connectivity index (χ0) is 42.2. The minimum Gasteiger partial charge on any atom is -0.455 e. The fourth-order valence-electron chi connectivity index (χ4n) is 1.78. The van der Waals surface area contributed by atoms with Crippen LogP contribution in [0.4, 0.5) is 0 Å². The maximum Gasteiger partial charge on any atom is 0.365 e. The summed E-state index contributed by atoms with van der Waals surface area (Å²) in [5.74, 6) is -2.39. The molecular weight excluding hydrogens is 672 g/mol. The summed E-state index contributed by atoms with van der Waals surface area (Å²) in [6.45, 7) is 25.7. The van der Waals surface area contributed by atoms with Crippen LogP contribution in [0.5, 0.6) is 5.75 Å². The molecule has 1 atom stereocenters. The van der Waals surface area contributed by atoms with Crippen molar-refractivity contribution in [3.63, 3.8) is 0 Å². The molecule has 0 saturated carbocycles. The normalized spacial score (nSPS) is 9.08. The molecular formula is C36H76O15. The van der Waals surface area contributed by atoms with E-state index in [1.54, 1.807) is 86.6 Å². The summed E-state index contributed by atoms with van der Waals surface area (Å²) < 4.78 is 10.9. The zero-order valence-electron chi connectivity index (χ0n) is 33.1. The lowest BCUT2D eigenvalue weighted by molar-refractivity contribution is -0.390. The molecule has 0 heterocycles. The molecule has 310 valence electrons. The second-order valence-corrected chi connectivity index (χ2v) is 7.78. The molecule has 0 amide bonds. The van der Waals surface area contributed by atoms with E-state index < -0.39 is 17.7 Å². The number of unbranched alkanes of at least 4 members (excludes halogenated alkanes) is 1. The zero-order valence-corrected chi connectivity index (χ0v) is 33.1. The van der Waals surface area contributed by atoms with Crippen molar-refractivity contribution in [3.8, 4) is 5.75 Å². The van der Waals surface area contributed by atoms with Gasteiger partial charge in [0.2, 0.25) is 0 Å². The fourth-order valence-corrected chi connectivity index (χ4v) is 1.78. The molecule has 1 aromatic carbocycles. The summed E-state index contributed by atoms with van der Waals surface area (Å²) in [7, 11) is 0. The van der Waals surface area contributed by atoms with Crippen molar-refractivity contribution in [1.29, 1.82) is 0 Å². The number of hydrogen-bond acceptors (Lipinski definition) is 15. The lowest BCUT2D eigenvalue weighted by atomic mass is 10.1. The van der Waals surface area contributed by atoms with Gasteiger partial charge in [0.1, 0.15) is 5.75 Å². The van der Waals surface area contributed by atoms with Gasteiger partial charge in [-0.05, 0) is 80.9 Å². The van der Waals surface area contributed by atoms with E-state index in [4.69, 9.17) is 65.2 Å². The van der Waals surface area contributed by atoms with Crippen LogP contribution in [0.2, 0.25) is 0 Å². The topological polar surface area (TPSA) is 253 Å². The smallest absolute Gasteiger partial charge is 0.365 e. The second kappa shape index (κ2) is 76.8. The maximum atomic E-state index is 11.4. The molecule has 0 radical (unpaired) electrons. The number of hydrogen-bond donors (Lipinski definition) is 9. The number of ether oxygens (including phenoxy) is 2. The minimum absolute atomic E-state index is 0.250. The number of carbonyl (C=O) groups excluding carboxylic acids is 2. The number of carbonyl (C=O) groups is 2. The number of aliphatic hydroxyl groups is 9. The first kappa shape index (κ1) is 69.7. The highest BCUT2D eigenvalue weighted by Gasteiger charge is 2.38. The molecule has 1 rings (SSSR count). The van der Waals surface area contributed by atoms with Crippen LogP contribution in [0.3, 0.4) is 0 Å². The Labute approximate surface area is 308 Å². The summed E-state index contributed by atoms with van der Waals surface area (Å²) in [6, 6.07) is 8.83. The van der Waals surface area contributed by atoms with E-state index in [1.807, 2.05) is 13.0 Å². The van der Waals surface area contributed by atoms with Crippen molar-refractivity contribution in [2.75, 3.05) is 66.1 Å². The summed E-state index contributed by atoms with van der Waals surface area (Å²) in [6.07, 6.45) is 3.87. The van der Waals surface area contributed by atoms with Gasteiger partial charge in [0, 0.05) is 78.0 Å². The Morgan fingerprint density at radius 3 is 1.18 bits per heavy atom. The van der Waals surface area contributed by atoms with Gasteiger partial charge >= 0.3 is 11.9 Å². The first-order valence-electron chi connectivity index (χ1n) is 16.8. The molecule has 51 heavy (non-hydrogen) atoms. The Balaban J connectivity index is -0.0000000758. The van der Waals surface area contributed by atoms with Crippen LogP contribution >= 0.6 is 0 Å². The van der Waals surface area contributed by atoms with Crippen LogP contribution in [0.1, 0.15) is 88.5 Å². The molecule has 0 aromatic heterocycles. The van der Waals surface area contributed by atoms with Gasteiger partial charge in [-0.15, -0.1) is 4.89 Å². The molecule has 0 bridgehead atoms. The average molecular weight is 749 g/mol. The Morgan fingerprint density at radius 2 is 0.902 bits per heavy atom. The Morgan fingerprint density at radius 1 is 0.588 bits per heavy atom. The van der Waals surface area contributed by atoms with E-state index in [1.165, 1.54) is 0 Å². The van der Waals surface area contributed by atoms with E-state index in [0.717, 1.165) is 18.6 Å². The highest BCUT2D eigenvalue weighted by Crippen LogP contribution is 2.26. The van der Waals surface area contributed by atoms with E-state index in [0.29, 0.717) is 18.6 Å². The maximum absolute atomic E-state index is 11.4. The van der Waals surface area contributed by atoms with Gasteiger partial charge in [-0.3, -0.25) is 4.89 Å². The standard InChI is InChI=1S/C18H22O6.9C2H6O/c1-4-7-13-18(14-21-16(19)5-2,24-23-17(20)6-3)22-15-11-9-8-10-12-15;9*1-2-3/h5-6,8-12H,2-4,7,13-14H2,1H3;9*3H,2H2,1H3. The number of rotatable bonds is 11. The van der Waals surface area contributed by atoms with Crippen LogP contribution in [-0.2, 0) is 24.1 Å². The third-order valence-electron chi connectivity index (χ3n) is 3.00. The average Bonchev–Trinajstić information content (AvgIpc) is 3.09. The van der Waals surface area contributed by atoms with Gasteiger partial charge in [-0.2, -0.15) is 0 Å². The Bertz CT molecular complexity index is 655. The summed E-state index contributed by atoms with van der Waals surface area (Å²) in [5, 5.41) is 68.1. The van der Waals surface area contributed by atoms with Crippen molar-refractivity contribution in [1.82, 2.24) is 0 Å². The fraction of sp³-hybridized carbons (Fsp3) is 0.667. The summed E-state index contributed by atoms with van der Waals surface area (Å²) >= 11 is 0. The second-order valence-electron chi connectivity index (χ2n) is 7.78. The van der Waals surface area contributed by atoms with E-state index in [2.05, 4.69) is 13.2 Å². The molecule has 1 aromatic rings. The molecule has 9 N–H and O–H groups in total. The van der Waals surface area contributed by atoms with Gasteiger partial charge in [0.05, 0.1) is 0 Å². The van der Waals surface area contributed by atoms with Crippen LogP contribution in [0, 0.1) is 0 Å². The van der Waals surface area contributed by atoms with Crippen molar-refractivity contribution >= 4 is 11.9 Å². The van der Waals surface area contributed by atoms with Gasteiger partial charge < -0.3 is 55.4 Å². The highest BCUT2D eigenvalue weighted by molar-refractivity contribution is 5.81. The van der Waals surface area contributed by atoms with Gasteiger partial charge in [0.15, 0.2) is 6.61 Å². The molecule has 15 heteroatoms. The van der Waals surface area contributed by atoms with E-state index in [-0.39, 0.29) is 66.1 Å². The Hall–Kier alpha value is -2.96. The number of aliphatic hydroxyl groups excluding tert-OH is 9. The molecule has 0 saturated heterocycles. The largest absolute Gasteiger partial charge is 0.455 e. The first-order valence-corrected chi connectivity index (χ1v) is 16.8. The van der Waals surface area contributed by atoms with Gasteiger partial charge in [0.25, 0.3) is 5.79 Å². The van der Waals surface area contributed by atoms with Gasteiger partial charge in [-0.25, -0.2) is 9.59 Å². The summed E-state index contributed by atoms with van der Waals surface area (Å²) in [5.41, 5.74) is 0. The molecule has 1 unspecified atom stereocenters. The van der Waals surface area contributed by atoms with Crippen LogP contribution < -0.4 is 4.74 Å². The number of esters is 1. The lowest BCUT2D eigenvalue weighted by Gasteiger charge is -2.31. The van der Waals surface area contributed by atoms with Gasteiger partial charge in [-0.1, -0.05) is 44.7 Å². The lowest BCUT2D eigenvalue weighted by Crippen LogP contribution is -2.45. The predicted molar refractivity (Wildman–Crippen MR) is 203 cm³/mol. The molecule has 0 fully saturated rings. The third kappa shape index (κ3) is 99.0. The first-order chi connectivity index (χ1) is 24.3. The minimum atomic E-state index is -1.46. The predicted octanol–water partition coefficient (Wildman–Crippen LogP) is 3.33. The van der Waals surface area contributed by atoms with E-state index in [9.17, 15) is 9.59 Å². The monoisotopic (exact) mass is 749 g/mol. The molecule has 0 aliphatic carbocycles. The van der Waals surface area contributed by atoms with Crippen LogP contribution in [0.15, 0.2) is 55.6 Å². The molecule has 15 nitrogen and oxygen atoms in total. The van der Waals surface area contributed by atoms with Crippen molar-refractivity contribution in [3.05, 3.63) is 55.6 Å². The Kier molecular flexibility index (Phi) is 105.